The van der Waals surface area contributed by atoms with Crippen LogP contribution in [0.25, 0.3) is 0 Å². The Morgan fingerprint density at radius 1 is 0.296 bits per heavy atom. The molecule has 6 N–H and O–H groups in total. The lowest BCUT2D eigenvalue weighted by atomic mass is 10.1. The minimum atomic E-state index is 0.510. The molecule has 2 heterocycles. The summed E-state index contributed by atoms with van der Waals surface area (Å²) < 4.78 is 17.9. The number of aromatic nitrogens is 6. The number of anilines is 8. The number of ether oxygens (including phenoxy) is 3. The maximum atomic E-state index is 6.02. The van der Waals surface area contributed by atoms with Crippen LogP contribution in [0.5, 0.6) is 11.5 Å². The van der Waals surface area contributed by atoms with Crippen LogP contribution in [0.1, 0.15) is 195 Å². The first-order chi connectivity index (χ1) is 35.1. The predicted octanol–water partition coefficient (Wildman–Crippen LogP) is 14.9. The van der Waals surface area contributed by atoms with E-state index in [0.717, 1.165) is 87.6 Å². The standard InChI is InChI=1S/C56H94N12O3/c1-5-9-13-17-21-25-39-57-51-63-52(58-40-26-22-18-14-10-6-2)66-55(65-51)61-47-31-35-49(36-32-47)70-45-29-43-69-44-30-46-71-50-37-33-48(34-38-50)62-56-67-53(59-41-27-23-19-15-11-7-3)64-54(68-56)60-42-28-24-20-16-12-8-4/h31-38H,5-30,39-46H2,1-4H3,(H3,57,58,61,63,65,66)(H3,59,60,62,64,67,68). The van der Waals surface area contributed by atoms with Gasteiger partial charge in [0.15, 0.2) is 0 Å². The van der Waals surface area contributed by atoms with E-state index in [1.165, 1.54) is 128 Å². The third-order valence-electron chi connectivity index (χ3n) is 12.1. The summed E-state index contributed by atoms with van der Waals surface area (Å²) >= 11 is 0. The van der Waals surface area contributed by atoms with Gasteiger partial charge in [-0.15, -0.1) is 0 Å². The van der Waals surface area contributed by atoms with Crippen molar-refractivity contribution in [1.29, 1.82) is 0 Å². The maximum Gasteiger partial charge on any atom is 0.233 e. The lowest BCUT2D eigenvalue weighted by Gasteiger charge is -2.12. The molecular formula is C56H94N12O3. The third kappa shape index (κ3) is 28.5. The highest BCUT2D eigenvalue weighted by molar-refractivity contribution is 5.58. The van der Waals surface area contributed by atoms with E-state index < -0.39 is 0 Å². The fourth-order valence-corrected chi connectivity index (χ4v) is 7.93. The maximum absolute atomic E-state index is 6.02. The van der Waals surface area contributed by atoms with Crippen LogP contribution in [-0.4, -0.2) is 82.5 Å². The number of unbranched alkanes of at least 4 members (excludes halogenated alkanes) is 20. The average Bonchev–Trinajstić information content (AvgIpc) is 3.38. The molecule has 0 amide bonds. The Morgan fingerprint density at radius 2 is 0.563 bits per heavy atom. The van der Waals surface area contributed by atoms with Crippen LogP contribution in [0.15, 0.2) is 48.5 Å². The predicted molar refractivity (Wildman–Crippen MR) is 298 cm³/mol. The minimum absolute atomic E-state index is 0.510. The van der Waals surface area contributed by atoms with E-state index in [0.29, 0.717) is 62.1 Å². The number of nitrogens with one attached hydrogen (secondary N) is 6. The van der Waals surface area contributed by atoms with Crippen molar-refractivity contribution in [3.8, 4) is 11.5 Å². The van der Waals surface area contributed by atoms with Gasteiger partial charge in [-0.3, -0.25) is 0 Å². The molecule has 0 aliphatic carbocycles. The molecule has 2 aromatic carbocycles. The molecule has 0 fully saturated rings. The smallest absolute Gasteiger partial charge is 0.233 e. The van der Waals surface area contributed by atoms with E-state index in [1.807, 2.05) is 48.5 Å². The Hall–Kier alpha value is -5.18. The zero-order chi connectivity index (χ0) is 50.1. The van der Waals surface area contributed by atoms with Gasteiger partial charge in [0.25, 0.3) is 0 Å². The van der Waals surface area contributed by atoms with Crippen molar-refractivity contribution < 1.29 is 14.2 Å². The first-order valence-electron chi connectivity index (χ1n) is 28.1. The summed E-state index contributed by atoms with van der Waals surface area (Å²) in [5.74, 6) is 4.99. The fraction of sp³-hybridized carbons (Fsp3) is 0.679. The molecule has 0 saturated carbocycles. The van der Waals surface area contributed by atoms with E-state index in [9.17, 15) is 0 Å². The van der Waals surface area contributed by atoms with Gasteiger partial charge in [-0.1, -0.05) is 156 Å². The summed E-state index contributed by atoms with van der Waals surface area (Å²) in [6, 6.07) is 15.8. The van der Waals surface area contributed by atoms with E-state index >= 15 is 0 Å². The second-order valence-corrected chi connectivity index (χ2v) is 18.7. The molecule has 15 heteroatoms. The largest absolute Gasteiger partial charge is 0.494 e. The van der Waals surface area contributed by atoms with Crippen molar-refractivity contribution in [2.24, 2.45) is 0 Å². The summed E-state index contributed by atoms with van der Waals surface area (Å²) in [4.78, 5) is 28.1. The lowest BCUT2D eigenvalue weighted by Crippen LogP contribution is -2.12. The molecule has 0 radical (unpaired) electrons. The number of hydrogen-bond donors (Lipinski definition) is 6. The van der Waals surface area contributed by atoms with Crippen LogP contribution in [0.3, 0.4) is 0 Å². The van der Waals surface area contributed by atoms with Crippen LogP contribution >= 0.6 is 0 Å². The van der Waals surface area contributed by atoms with Crippen LogP contribution in [0, 0.1) is 0 Å². The van der Waals surface area contributed by atoms with Crippen molar-refractivity contribution in [3.63, 3.8) is 0 Å². The van der Waals surface area contributed by atoms with E-state index in [-0.39, 0.29) is 0 Å². The molecule has 4 aromatic rings. The highest BCUT2D eigenvalue weighted by Gasteiger charge is 2.10. The number of hydrogen-bond acceptors (Lipinski definition) is 15. The monoisotopic (exact) mass is 983 g/mol. The average molecular weight is 983 g/mol. The van der Waals surface area contributed by atoms with Gasteiger partial charge in [-0.05, 0) is 74.2 Å². The molecule has 0 saturated heterocycles. The molecule has 396 valence electrons. The highest BCUT2D eigenvalue weighted by Crippen LogP contribution is 2.22. The zero-order valence-corrected chi connectivity index (χ0v) is 44.6. The highest BCUT2D eigenvalue weighted by atomic mass is 16.5. The van der Waals surface area contributed by atoms with Crippen LogP contribution in [-0.2, 0) is 4.74 Å². The van der Waals surface area contributed by atoms with Gasteiger partial charge in [0, 0.05) is 63.6 Å². The van der Waals surface area contributed by atoms with E-state index in [4.69, 9.17) is 14.2 Å². The SMILES string of the molecule is CCCCCCCCNc1nc(NCCCCCCCC)nc(Nc2ccc(OCCCOCCCOc3ccc(Nc4nc(NCCCCCCCC)nc(NCCCCCCCC)n4)cc3)cc2)n1. The summed E-state index contributed by atoms with van der Waals surface area (Å²) in [7, 11) is 0. The summed E-state index contributed by atoms with van der Waals surface area (Å²) in [6.45, 7) is 14.7. The molecule has 0 spiro atoms. The first-order valence-corrected chi connectivity index (χ1v) is 28.1. The van der Waals surface area contributed by atoms with Crippen molar-refractivity contribution in [2.75, 3.05) is 84.5 Å². The molecule has 2 aromatic heterocycles. The van der Waals surface area contributed by atoms with Crippen LogP contribution < -0.4 is 41.4 Å². The summed E-state index contributed by atoms with van der Waals surface area (Å²) in [5.41, 5.74) is 1.76. The Balaban J connectivity index is 1.12. The van der Waals surface area contributed by atoms with Gasteiger partial charge >= 0.3 is 0 Å². The van der Waals surface area contributed by atoms with E-state index in [2.05, 4.69) is 89.5 Å². The normalized spacial score (nSPS) is 11.1. The van der Waals surface area contributed by atoms with E-state index in [1.54, 1.807) is 0 Å². The Morgan fingerprint density at radius 3 is 0.859 bits per heavy atom. The Kier molecular flexibility index (Phi) is 32.4. The zero-order valence-electron chi connectivity index (χ0n) is 44.6. The quantitative estimate of drug-likeness (QED) is 0.0230. The van der Waals surface area contributed by atoms with Gasteiger partial charge < -0.3 is 46.1 Å². The van der Waals surface area contributed by atoms with Gasteiger partial charge in [-0.2, -0.15) is 29.9 Å². The van der Waals surface area contributed by atoms with Crippen LogP contribution in [0.4, 0.5) is 47.1 Å². The Labute approximate surface area is 428 Å². The fourth-order valence-electron chi connectivity index (χ4n) is 7.93. The number of benzene rings is 2. The van der Waals surface area contributed by atoms with Crippen LogP contribution in [0.2, 0.25) is 0 Å². The molecule has 15 nitrogen and oxygen atoms in total. The number of rotatable bonds is 46. The molecule has 0 unspecified atom stereocenters. The second kappa shape index (κ2) is 39.4. The van der Waals surface area contributed by atoms with Gasteiger partial charge in [0.2, 0.25) is 35.7 Å². The molecule has 0 bridgehead atoms. The second-order valence-electron chi connectivity index (χ2n) is 18.7. The van der Waals surface area contributed by atoms with Crippen molar-refractivity contribution in [3.05, 3.63) is 48.5 Å². The summed E-state index contributed by atoms with van der Waals surface area (Å²) in [6.07, 6.45) is 31.4. The molecular weight excluding hydrogens is 889 g/mol. The molecule has 0 atom stereocenters. The van der Waals surface area contributed by atoms with Gasteiger partial charge in [-0.25, -0.2) is 0 Å². The molecule has 4 rings (SSSR count). The topological polar surface area (TPSA) is 177 Å². The summed E-state index contributed by atoms with van der Waals surface area (Å²) in [5, 5.41) is 20.5. The van der Waals surface area contributed by atoms with Gasteiger partial charge in [0.1, 0.15) is 11.5 Å². The molecule has 0 aliphatic rings. The van der Waals surface area contributed by atoms with Crippen molar-refractivity contribution in [1.82, 2.24) is 29.9 Å². The minimum Gasteiger partial charge on any atom is -0.494 e. The number of nitrogens with zero attached hydrogens (tertiary/aromatic N) is 6. The third-order valence-corrected chi connectivity index (χ3v) is 12.1. The lowest BCUT2D eigenvalue weighted by molar-refractivity contribution is 0.107. The van der Waals surface area contributed by atoms with Crippen molar-refractivity contribution >= 4 is 47.1 Å². The molecule has 71 heavy (non-hydrogen) atoms. The first kappa shape index (κ1) is 58.4. The van der Waals surface area contributed by atoms with Crippen molar-refractivity contribution in [2.45, 2.75) is 195 Å². The molecule has 0 aliphatic heterocycles. The van der Waals surface area contributed by atoms with Gasteiger partial charge in [0.05, 0.1) is 13.2 Å². The Bertz CT molecular complexity index is 1680.